The van der Waals surface area contributed by atoms with Crippen LogP contribution in [-0.2, 0) is 14.1 Å². The van der Waals surface area contributed by atoms with Gasteiger partial charge in [0, 0.05) is 79.0 Å². The molecule has 0 unspecified atom stereocenters. The van der Waals surface area contributed by atoms with E-state index in [1.54, 1.807) is 52.2 Å². The molecule has 0 aliphatic rings. The molecule has 6 aromatic heterocycles. The van der Waals surface area contributed by atoms with Crippen LogP contribution < -0.4 is 11.1 Å². The maximum absolute atomic E-state index is 10.9. The minimum absolute atomic E-state index is 0.0244. The second-order valence-corrected chi connectivity index (χ2v) is 9.69. The van der Waals surface area contributed by atoms with Crippen LogP contribution in [0.15, 0.2) is 97.8 Å². The predicted octanol–water partition coefficient (Wildman–Crippen LogP) is 5.29. The number of non-ortho nitro benzene ring substituents is 1. The third-order valence-electron chi connectivity index (χ3n) is 6.50. The van der Waals surface area contributed by atoms with Gasteiger partial charge in [-0.05, 0) is 42.5 Å². The molecule has 0 aliphatic carbocycles. The van der Waals surface area contributed by atoms with Crippen LogP contribution in [-0.4, -0.2) is 44.4 Å². The van der Waals surface area contributed by atoms with E-state index in [0.717, 1.165) is 44.3 Å². The lowest BCUT2D eigenvalue weighted by Gasteiger charge is -2.07. The molecule has 0 radical (unpaired) electrons. The normalized spacial score (nSPS) is 10.8. The molecule has 0 saturated carbocycles. The van der Waals surface area contributed by atoms with Crippen molar-refractivity contribution < 1.29 is 4.92 Å². The maximum Gasteiger partial charge on any atom is 0.271 e. The molecule has 6 heterocycles. The molecule has 13 heteroatoms. The van der Waals surface area contributed by atoms with Gasteiger partial charge in [-0.3, -0.25) is 29.4 Å². The fraction of sp³-hybridized carbons (Fsp3) is 0.0667. The largest absolute Gasteiger partial charge is 0.384 e. The number of nitro benzene ring substituents is 1. The highest BCUT2D eigenvalue weighted by Crippen LogP contribution is 2.25. The average Bonchev–Trinajstić information content (AvgIpc) is 3.65. The van der Waals surface area contributed by atoms with Gasteiger partial charge in [0.05, 0.1) is 39.4 Å². The molecule has 212 valence electrons. The number of fused-ring (bicyclic) bond motifs is 2. The second kappa shape index (κ2) is 11.3. The van der Waals surface area contributed by atoms with Gasteiger partial charge in [0.2, 0.25) is 0 Å². The lowest BCUT2D eigenvalue weighted by Crippen LogP contribution is -1.96. The predicted molar refractivity (Wildman–Crippen MR) is 164 cm³/mol. The topological polar surface area (TPSA) is 168 Å². The summed E-state index contributed by atoms with van der Waals surface area (Å²) >= 11 is 0. The van der Waals surface area contributed by atoms with Crippen LogP contribution in [0.5, 0.6) is 0 Å². The molecular formula is C30H25N11O2. The second-order valence-electron chi connectivity index (χ2n) is 9.69. The van der Waals surface area contributed by atoms with E-state index < -0.39 is 4.92 Å². The standard InChI is InChI=1S/C18H14N6O2.C12H11N5/c1-23-11-13(10-20-23)12-7-17-16(19-9-12)5-6-18(22-17)21-14-3-2-4-15(8-14)24(25)26;1-17-7-9(6-15-17)8-4-11-10(14-5-8)2-3-12(13)16-11/h2-11H,1H3,(H,21,22);2-7H,1H3,(H2,13,16). The smallest absolute Gasteiger partial charge is 0.271 e. The third-order valence-corrected chi connectivity index (χ3v) is 6.50. The van der Waals surface area contributed by atoms with Crippen molar-refractivity contribution in [3.8, 4) is 22.3 Å². The molecule has 0 saturated heterocycles. The zero-order valence-electron chi connectivity index (χ0n) is 23.2. The van der Waals surface area contributed by atoms with Crippen LogP contribution in [0.4, 0.5) is 23.0 Å². The summed E-state index contributed by atoms with van der Waals surface area (Å²) in [6.45, 7) is 0. The van der Waals surface area contributed by atoms with Crippen molar-refractivity contribution in [1.29, 1.82) is 0 Å². The molecule has 13 nitrogen and oxygen atoms in total. The Hall–Kier alpha value is -6.24. The van der Waals surface area contributed by atoms with Gasteiger partial charge >= 0.3 is 0 Å². The zero-order valence-corrected chi connectivity index (χ0v) is 23.2. The number of anilines is 3. The number of benzene rings is 1. The Morgan fingerprint density at radius 3 is 1.91 bits per heavy atom. The highest BCUT2D eigenvalue weighted by molar-refractivity contribution is 5.82. The summed E-state index contributed by atoms with van der Waals surface area (Å²) in [5.74, 6) is 1.09. The molecule has 43 heavy (non-hydrogen) atoms. The first-order valence-electron chi connectivity index (χ1n) is 13.1. The molecule has 0 fully saturated rings. The average molecular weight is 572 g/mol. The molecule has 7 rings (SSSR count). The molecule has 7 aromatic rings. The van der Waals surface area contributed by atoms with E-state index in [9.17, 15) is 10.1 Å². The number of nitrogens with two attached hydrogens (primary N) is 1. The molecule has 1 aromatic carbocycles. The Morgan fingerprint density at radius 1 is 0.721 bits per heavy atom. The summed E-state index contributed by atoms with van der Waals surface area (Å²) in [5.41, 5.74) is 13.3. The Labute approximate surface area is 244 Å². The Bertz CT molecular complexity index is 2100. The third kappa shape index (κ3) is 6.10. The Balaban J connectivity index is 0.000000167. The number of nitro groups is 1. The van der Waals surface area contributed by atoms with Crippen LogP contribution in [0.3, 0.4) is 0 Å². The molecular weight excluding hydrogens is 546 g/mol. The van der Waals surface area contributed by atoms with Crippen LogP contribution >= 0.6 is 0 Å². The van der Waals surface area contributed by atoms with Crippen LogP contribution in [0, 0.1) is 10.1 Å². The lowest BCUT2D eigenvalue weighted by molar-refractivity contribution is -0.384. The van der Waals surface area contributed by atoms with Gasteiger partial charge < -0.3 is 11.1 Å². The molecule has 0 aliphatic heterocycles. The fourth-order valence-electron chi connectivity index (χ4n) is 4.40. The van der Waals surface area contributed by atoms with E-state index in [1.807, 2.05) is 57.0 Å². The quantitative estimate of drug-likeness (QED) is 0.204. The van der Waals surface area contributed by atoms with Crippen molar-refractivity contribution in [3.63, 3.8) is 0 Å². The van der Waals surface area contributed by atoms with Crippen molar-refractivity contribution in [1.82, 2.24) is 39.5 Å². The van der Waals surface area contributed by atoms with E-state index in [-0.39, 0.29) is 5.69 Å². The number of nitrogens with zero attached hydrogens (tertiary/aromatic N) is 9. The molecule has 0 bridgehead atoms. The monoisotopic (exact) mass is 571 g/mol. The van der Waals surface area contributed by atoms with Crippen molar-refractivity contribution in [2.75, 3.05) is 11.1 Å². The van der Waals surface area contributed by atoms with Gasteiger partial charge in [-0.1, -0.05) is 6.07 Å². The van der Waals surface area contributed by atoms with Crippen molar-refractivity contribution >= 4 is 45.1 Å². The zero-order chi connectivity index (χ0) is 29.9. The summed E-state index contributed by atoms with van der Waals surface area (Å²) in [6.07, 6.45) is 11.0. The summed E-state index contributed by atoms with van der Waals surface area (Å²) in [7, 11) is 3.74. The van der Waals surface area contributed by atoms with E-state index in [1.165, 1.54) is 12.1 Å². The highest BCUT2D eigenvalue weighted by atomic mass is 16.6. The first kappa shape index (κ1) is 27.0. The van der Waals surface area contributed by atoms with Crippen molar-refractivity contribution in [2.24, 2.45) is 14.1 Å². The fourth-order valence-corrected chi connectivity index (χ4v) is 4.40. The van der Waals surface area contributed by atoms with Gasteiger partial charge in [0.1, 0.15) is 11.6 Å². The lowest BCUT2D eigenvalue weighted by atomic mass is 10.1. The SMILES string of the molecule is Cn1cc(-c2cnc3ccc(N)nc3c2)cn1.Cn1cc(-c2cnc3ccc(Nc4cccc([N+](=O)[O-])c4)nc3c2)cn1. The first-order chi connectivity index (χ1) is 20.8. The maximum atomic E-state index is 10.9. The van der Waals surface area contributed by atoms with Gasteiger partial charge in [0.25, 0.3) is 5.69 Å². The number of aromatic nitrogens is 8. The van der Waals surface area contributed by atoms with Crippen molar-refractivity contribution in [2.45, 2.75) is 0 Å². The summed E-state index contributed by atoms with van der Waals surface area (Å²) < 4.78 is 3.49. The Morgan fingerprint density at radius 2 is 1.33 bits per heavy atom. The highest BCUT2D eigenvalue weighted by Gasteiger charge is 2.08. The number of pyridine rings is 4. The first-order valence-corrected chi connectivity index (χ1v) is 13.1. The molecule has 3 N–H and O–H groups in total. The molecule has 0 spiro atoms. The number of nitrogens with one attached hydrogen (secondary N) is 1. The summed E-state index contributed by atoms with van der Waals surface area (Å²) in [5, 5.41) is 22.3. The van der Waals surface area contributed by atoms with Gasteiger partial charge in [0.15, 0.2) is 0 Å². The number of hydrogen-bond donors (Lipinski definition) is 2. The number of hydrogen-bond acceptors (Lipinski definition) is 10. The van der Waals surface area contributed by atoms with Crippen LogP contribution in [0.1, 0.15) is 0 Å². The summed E-state index contributed by atoms with van der Waals surface area (Å²) in [4.78, 5) is 28.1. The van der Waals surface area contributed by atoms with E-state index in [2.05, 4.69) is 35.5 Å². The summed E-state index contributed by atoms with van der Waals surface area (Å²) in [6, 6.07) is 17.5. The van der Waals surface area contributed by atoms with Gasteiger partial charge in [-0.2, -0.15) is 10.2 Å². The minimum Gasteiger partial charge on any atom is -0.384 e. The minimum atomic E-state index is -0.427. The molecule has 0 atom stereocenters. The van der Waals surface area contributed by atoms with Gasteiger partial charge in [-0.15, -0.1) is 0 Å². The Kier molecular flexibility index (Phi) is 7.10. The number of rotatable bonds is 5. The van der Waals surface area contributed by atoms with E-state index in [0.29, 0.717) is 17.3 Å². The van der Waals surface area contributed by atoms with Crippen molar-refractivity contribution in [3.05, 3.63) is 108 Å². The van der Waals surface area contributed by atoms with Gasteiger partial charge in [-0.25, -0.2) is 9.97 Å². The number of nitrogen functional groups attached to an aromatic ring is 1. The number of aryl methyl sites for hydroxylation is 2. The van der Waals surface area contributed by atoms with E-state index >= 15 is 0 Å². The molecule has 0 amide bonds. The van der Waals surface area contributed by atoms with Crippen LogP contribution in [0.2, 0.25) is 0 Å². The van der Waals surface area contributed by atoms with E-state index in [4.69, 9.17) is 5.73 Å². The van der Waals surface area contributed by atoms with Crippen LogP contribution in [0.25, 0.3) is 44.3 Å².